The van der Waals surface area contributed by atoms with E-state index in [0.717, 1.165) is 11.8 Å². The van der Waals surface area contributed by atoms with Crippen molar-refractivity contribution in [2.75, 3.05) is 25.8 Å². The maximum atomic E-state index is 13.0. The molecule has 36 heavy (non-hydrogen) atoms. The standard InChI is InChI=1S/C26H23NO8S/c1-15-22(35-36(4,30)31)10-8-17-14-21(26(29)34-24(15)17)27-25(28)18-9-11-23(33-3)20(13-18)16-6-5-7-19(12-16)32-2/h5-14H,1-4H3,(H,27,28). The van der Waals surface area contributed by atoms with Crippen LogP contribution in [0.4, 0.5) is 5.69 Å². The van der Waals surface area contributed by atoms with Crippen LogP contribution in [0.3, 0.4) is 0 Å². The van der Waals surface area contributed by atoms with Gasteiger partial charge >= 0.3 is 15.7 Å². The Morgan fingerprint density at radius 3 is 2.39 bits per heavy atom. The van der Waals surface area contributed by atoms with Crippen molar-refractivity contribution in [3.05, 3.63) is 82.2 Å². The first kappa shape index (κ1) is 24.8. The fourth-order valence-corrected chi connectivity index (χ4v) is 4.21. The van der Waals surface area contributed by atoms with Gasteiger partial charge in [-0.05, 0) is 61.0 Å². The zero-order chi connectivity index (χ0) is 26.0. The summed E-state index contributed by atoms with van der Waals surface area (Å²) >= 11 is 0. The molecule has 0 radical (unpaired) electrons. The summed E-state index contributed by atoms with van der Waals surface area (Å²) in [5.41, 5.74) is 1.38. The van der Waals surface area contributed by atoms with E-state index >= 15 is 0 Å². The molecule has 4 aromatic rings. The third-order valence-electron chi connectivity index (χ3n) is 5.43. The first-order valence-corrected chi connectivity index (χ1v) is 12.5. The number of rotatable bonds is 7. The molecule has 0 aliphatic carbocycles. The maximum absolute atomic E-state index is 13.0. The van der Waals surface area contributed by atoms with Crippen molar-refractivity contribution in [1.82, 2.24) is 0 Å². The molecule has 10 heteroatoms. The van der Waals surface area contributed by atoms with Crippen molar-refractivity contribution in [3.63, 3.8) is 0 Å². The number of carbonyl (C=O) groups excluding carboxylic acids is 1. The second-order valence-electron chi connectivity index (χ2n) is 7.94. The van der Waals surface area contributed by atoms with Crippen LogP contribution >= 0.6 is 0 Å². The molecular formula is C26H23NO8S. The number of fused-ring (bicyclic) bond motifs is 1. The van der Waals surface area contributed by atoms with Gasteiger partial charge in [0.1, 0.15) is 28.5 Å². The van der Waals surface area contributed by atoms with Crippen molar-refractivity contribution in [2.45, 2.75) is 6.92 Å². The molecule has 0 fully saturated rings. The van der Waals surface area contributed by atoms with E-state index in [1.807, 2.05) is 24.3 Å². The molecular weight excluding hydrogens is 486 g/mol. The summed E-state index contributed by atoms with van der Waals surface area (Å²) in [5.74, 6) is 0.738. The zero-order valence-electron chi connectivity index (χ0n) is 19.9. The van der Waals surface area contributed by atoms with Gasteiger partial charge in [-0.1, -0.05) is 12.1 Å². The second kappa shape index (κ2) is 9.74. The molecule has 0 spiro atoms. The molecule has 3 aromatic carbocycles. The van der Waals surface area contributed by atoms with Crippen LogP contribution in [0, 0.1) is 6.92 Å². The molecule has 0 atom stereocenters. The Morgan fingerprint density at radius 2 is 1.69 bits per heavy atom. The fourth-order valence-electron chi connectivity index (χ4n) is 3.71. The quantitative estimate of drug-likeness (QED) is 0.288. The lowest BCUT2D eigenvalue weighted by Crippen LogP contribution is -2.18. The number of aryl methyl sites for hydroxylation is 1. The van der Waals surface area contributed by atoms with E-state index in [0.29, 0.717) is 33.6 Å². The van der Waals surface area contributed by atoms with E-state index in [2.05, 4.69) is 5.32 Å². The normalized spacial score (nSPS) is 11.2. The van der Waals surface area contributed by atoms with Gasteiger partial charge in [0.25, 0.3) is 5.91 Å². The Morgan fingerprint density at radius 1 is 0.944 bits per heavy atom. The minimum atomic E-state index is -3.76. The second-order valence-corrected chi connectivity index (χ2v) is 9.52. The van der Waals surface area contributed by atoms with Crippen molar-refractivity contribution >= 4 is 32.7 Å². The molecule has 0 saturated carbocycles. The summed E-state index contributed by atoms with van der Waals surface area (Å²) in [6.45, 7) is 1.57. The number of hydrogen-bond donors (Lipinski definition) is 1. The SMILES string of the molecule is COc1cccc(-c2cc(C(=O)Nc3cc4ccc(OS(C)(=O)=O)c(C)c4oc3=O)ccc2OC)c1. The van der Waals surface area contributed by atoms with Crippen LogP contribution in [-0.2, 0) is 10.1 Å². The summed E-state index contributed by atoms with van der Waals surface area (Å²) in [6, 6.07) is 16.7. The Labute approximate surface area is 207 Å². The van der Waals surface area contributed by atoms with E-state index in [4.69, 9.17) is 18.1 Å². The Hall–Kier alpha value is -4.31. The number of ether oxygens (including phenoxy) is 2. The van der Waals surface area contributed by atoms with Gasteiger partial charge in [-0.2, -0.15) is 8.42 Å². The summed E-state index contributed by atoms with van der Waals surface area (Å²) in [6.07, 6.45) is 0.921. The predicted octanol–water partition coefficient (Wildman–Crippen LogP) is 4.38. The predicted molar refractivity (Wildman–Crippen MR) is 136 cm³/mol. The molecule has 0 saturated heterocycles. The number of amides is 1. The monoisotopic (exact) mass is 509 g/mol. The van der Waals surface area contributed by atoms with Crippen molar-refractivity contribution in [2.24, 2.45) is 0 Å². The van der Waals surface area contributed by atoms with E-state index in [1.165, 1.54) is 25.3 Å². The number of nitrogens with one attached hydrogen (secondary N) is 1. The Kier molecular flexibility index (Phi) is 6.71. The van der Waals surface area contributed by atoms with E-state index in [1.54, 1.807) is 32.2 Å². The van der Waals surface area contributed by atoms with Gasteiger partial charge in [-0.25, -0.2) is 4.79 Å². The third-order valence-corrected chi connectivity index (χ3v) is 5.92. The molecule has 4 rings (SSSR count). The van der Waals surface area contributed by atoms with Gasteiger partial charge in [0, 0.05) is 22.1 Å². The fraction of sp³-hybridized carbons (Fsp3) is 0.154. The summed E-state index contributed by atoms with van der Waals surface area (Å²) in [5, 5.41) is 3.07. The third kappa shape index (κ3) is 5.18. The molecule has 0 aliphatic heterocycles. The summed E-state index contributed by atoms with van der Waals surface area (Å²) < 4.78 is 44.0. The van der Waals surface area contributed by atoms with Gasteiger partial charge in [0.15, 0.2) is 0 Å². The van der Waals surface area contributed by atoms with Crippen LogP contribution in [0.25, 0.3) is 22.1 Å². The highest BCUT2D eigenvalue weighted by Gasteiger charge is 2.17. The van der Waals surface area contributed by atoms with Crippen molar-refractivity contribution in [1.29, 1.82) is 0 Å². The lowest BCUT2D eigenvalue weighted by Gasteiger charge is -2.13. The van der Waals surface area contributed by atoms with E-state index < -0.39 is 21.7 Å². The molecule has 9 nitrogen and oxygen atoms in total. The topological polar surface area (TPSA) is 121 Å². The van der Waals surface area contributed by atoms with E-state index in [-0.39, 0.29) is 17.0 Å². The zero-order valence-corrected chi connectivity index (χ0v) is 20.8. The minimum absolute atomic E-state index is 0.0493. The molecule has 0 unspecified atom stereocenters. The van der Waals surface area contributed by atoms with Gasteiger partial charge in [-0.3, -0.25) is 4.79 Å². The van der Waals surface area contributed by atoms with Crippen LogP contribution in [0.5, 0.6) is 17.2 Å². The lowest BCUT2D eigenvalue weighted by atomic mass is 10.0. The highest BCUT2D eigenvalue weighted by molar-refractivity contribution is 7.86. The Bertz CT molecular complexity index is 1640. The van der Waals surface area contributed by atoms with Crippen LogP contribution < -0.4 is 24.6 Å². The van der Waals surface area contributed by atoms with Crippen molar-refractivity contribution in [3.8, 4) is 28.4 Å². The maximum Gasteiger partial charge on any atom is 0.360 e. The number of hydrogen-bond acceptors (Lipinski definition) is 8. The summed E-state index contributed by atoms with van der Waals surface area (Å²) in [7, 11) is -0.658. The average molecular weight is 510 g/mol. The molecule has 1 heterocycles. The highest BCUT2D eigenvalue weighted by Crippen LogP contribution is 2.33. The summed E-state index contributed by atoms with van der Waals surface area (Å²) in [4.78, 5) is 25.7. The largest absolute Gasteiger partial charge is 0.497 e. The van der Waals surface area contributed by atoms with Crippen LogP contribution in [0.15, 0.2) is 69.9 Å². The van der Waals surface area contributed by atoms with Gasteiger partial charge in [0.05, 0.1) is 20.5 Å². The molecule has 186 valence electrons. The van der Waals surface area contributed by atoms with Gasteiger partial charge in [0.2, 0.25) is 0 Å². The highest BCUT2D eigenvalue weighted by atomic mass is 32.2. The van der Waals surface area contributed by atoms with Crippen molar-refractivity contribution < 1.29 is 31.3 Å². The van der Waals surface area contributed by atoms with Crippen LogP contribution in [-0.4, -0.2) is 34.8 Å². The first-order valence-electron chi connectivity index (χ1n) is 10.7. The first-order chi connectivity index (χ1) is 17.1. The van der Waals surface area contributed by atoms with Gasteiger partial charge < -0.3 is 23.4 Å². The number of anilines is 1. The number of carbonyl (C=O) groups is 1. The molecule has 1 aromatic heterocycles. The van der Waals surface area contributed by atoms with E-state index in [9.17, 15) is 18.0 Å². The van der Waals surface area contributed by atoms with Gasteiger partial charge in [-0.15, -0.1) is 0 Å². The smallest absolute Gasteiger partial charge is 0.360 e. The average Bonchev–Trinajstić information content (AvgIpc) is 2.85. The molecule has 0 aliphatic rings. The molecule has 1 amide bonds. The minimum Gasteiger partial charge on any atom is -0.497 e. The number of methoxy groups -OCH3 is 2. The lowest BCUT2D eigenvalue weighted by molar-refractivity contribution is 0.102. The van der Waals surface area contributed by atoms with Crippen LogP contribution in [0.1, 0.15) is 15.9 Å². The number of benzene rings is 3. The van der Waals surface area contributed by atoms with Crippen LogP contribution in [0.2, 0.25) is 0 Å². The molecule has 1 N–H and O–H groups in total. The molecule has 0 bridgehead atoms. The Balaban J connectivity index is 1.68.